The minimum Gasteiger partial charge on any atom is -0.444 e. The predicted molar refractivity (Wildman–Crippen MR) is 124 cm³/mol. The van der Waals surface area contributed by atoms with Gasteiger partial charge in [0.1, 0.15) is 5.60 Å². The average molecular weight is 429 g/mol. The molecule has 2 aromatic rings. The molecule has 1 N–H and O–H groups in total. The van der Waals surface area contributed by atoms with Crippen LogP contribution in [0.25, 0.3) is 0 Å². The first-order chi connectivity index (χ1) is 14.6. The maximum atomic E-state index is 12.1. The van der Waals surface area contributed by atoms with Gasteiger partial charge in [0.2, 0.25) is 0 Å². The molecule has 1 amide bonds. The van der Waals surface area contributed by atoms with E-state index >= 15 is 0 Å². The molecule has 8 nitrogen and oxygen atoms in total. The van der Waals surface area contributed by atoms with Crippen molar-refractivity contribution in [1.29, 1.82) is 0 Å². The van der Waals surface area contributed by atoms with Crippen molar-refractivity contribution in [3.63, 3.8) is 0 Å². The number of ether oxygens (including phenoxy) is 1. The Morgan fingerprint density at radius 3 is 2.26 bits per heavy atom. The van der Waals surface area contributed by atoms with Crippen LogP contribution < -0.4 is 5.32 Å². The topological polar surface area (TPSA) is 75.0 Å². The zero-order valence-electron chi connectivity index (χ0n) is 19.8. The summed E-state index contributed by atoms with van der Waals surface area (Å²) in [5, 5.41) is 7.56. The van der Waals surface area contributed by atoms with Gasteiger partial charge in [-0.25, -0.2) is 9.79 Å². The van der Waals surface area contributed by atoms with Crippen molar-refractivity contribution >= 4 is 12.1 Å². The fraction of sp³-hybridized carbons (Fsp3) is 0.522. The Balaban J connectivity index is 1.96. The molecule has 0 aliphatic heterocycles. The van der Waals surface area contributed by atoms with Crippen molar-refractivity contribution in [1.82, 2.24) is 24.9 Å². The molecule has 8 heteroatoms. The second kappa shape index (κ2) is 10.8. The Morgan fingerprint density at radius 1 is 1.10 bits per heavy atom. The molecule has 0 fully saturated rings. The average Bonchev–Trinajstić information content (AvgIpc) is 3.09. The van der Waals surface area contributed by atoms with Gasteiger partial charge in [-0.1, -0.05) is 24.3 Å². The molecule has 0 unspecified atom stereocenters. The lowest BCUT2D eigenvalue weighted by atomic mass is 10.1. The molecular formula is C23H36N6O2. The quantitative estimate of drug-likeness (QED) is 0.540. The van der Waals surface area contributed by atoms with Crippen LogP contribution >= 0.6 is 0 Å². The van der Waals surface area contributed by atoms with E-state index in [9.17, 15) is 4.79 Å². The fourth-order valence-corrected chi connectivity index (χ4v) is 2.97. The van der Waals surface area contributed by atoms with Gasteiger partial charge in [-0.2, -0.15) is 5.10 Å². The molecule has 0 bridgehead atoms. The molecule has 1 aromatic carbocycles. The van der Waals surface area contributed by atoms with Gasteiger partial charge in [-0.15, -0.1) is 0 Å². The van der Waals surface area contributed by atoms with Gasteiger partial charge in [0.15, 0.2) is 5.96 Å². The second-order valence-corrected chi connectivity index (χ2v) is 8.70. The minimum absolute atomic E-state index is 0.326. The molecule has 0 aliphatic carbocycles. The Bertz CT molecular complexity index is 867. The first kappa shape index (κ1) is 24.2. The highest BCUT2D eigenvalue weighted by Gasteiger charge is 2.19. The number of aryl methyl sites for hydroxylation is 1. The fourth-order valence-electron chi connectivity index (χ4n) is 2.97. The number of nitrogens with one attached hydrogen (secondary N) is 1. The number of benzene rings is 1. The maximum absolute atomic E-state index is 12.1. The minimum atomic E-state index is -0.498. The third-order valence-electron chi connectivity index (χ3n) is 4.43. The summed E-state index contributed by atoms with van der Waals surface area (Å²) in [5.41, 5.74) is 2.78. The number of aliphatic imine (C=N–C) groups is 1. The number of guanidine groups is 1. The zero-order valence-corrected chi connectivity index (χ0v) is 19.8. The summed E-state index contributed by atoms with van der Waals surface area (Å²) in [4.78, 5) is 20.6. The number of nitrogens with zero attached hydrogens (tertiary/aromatic N) is 5. The van der Waals surface area contributed by atoms with E-state index in [0.717, 1.165) is 35.7 Å². The molecule has 0 spiro atoms. The van der Waals surface area contributed by atoms with Crippen LogP contribution in [0.5, 0.6) is 0 Å². The van der Waals surface area contributed by atoms with Crippen LogP contribution in [0.15, 0.2) is 41.7 Å². The van der Waals surface area contributed by atoms with Crippen molar-refractivity contribution in [2.24, 2.45) is 12.0 Å². The Labute approximate surface area is 185 Å². The van der Waals surface area contributed by atoms with Gasteiger partial charge < -0.3 is 19.9 Å². The van der Waals surface area contributed by atoms with Crippen molar-refractivity contribution in [3.05, 3.63) is 53.3 Å². The standard InChI is InChI=1S/C23H36N6O2/c1-8-24-21(27(5)16-20-14-26-29(7)17-20)25-13-18-9-11-19(12-10-18)15-28(6)22(30)31-23(2,3)4/h9-12,14,17H,8,13,15-16H2,1-7H3,(H,24,25). The summed E-state index contributed by atoms with van der Waals surface area (Å²) in [5.74, 6) is 0.847. The van der Waals surface area contributed by atoms with Crippen molar-refractivity contribution in [3.8, 4) is 0 Å². The number of carbonyl (C=O) groups is 1. The highest BCUT2D eigenvalue weighted by molar-refractivity contribution is 5.79. The molecular weight excluding hydrogens is 392 g/mol. The van der Waals surface area contributed by atoms with Crippen LogP contribution in [0.4, 0.5) is 4.79 Å². The molecule has 0 saturated heterocycles. The predicted octanol–water partition coefficient (Wildman–Crippen LogP) is 3.38. The first-order valence-corrected chi connectivity index (χ1v) is 10.6. The van der Waals surface area contributed by atoms with E-state index in [4.69, 9.17) is 9.73 Å². The smallest absolute Gasteiger partial charge is 0.410 e. The van der Waals surface area contributed by atoms with Gasteiger partial charge in [-0.05, 0) is 38.8 Å². The van der Waals surface area contributed by atoms with E-state index in [1.165, 1.54) is 0 Å². The van der Waals surface area contributed by atoms with Crippen LogP contribution in [0.2, 0.25) is 0 Å². The third-order valence-corrected chi connectivity index (χ3v) is 4.43. The first-order valence-electron chi connectivity index (χ1n) is 10.6. The van der Waals surface area contributed by atoms with Crippen molar-refractivity contribution in [2.75, 3.05) is 20.6 Å². The lowest BCUT2D eigenvalue weighted by Gasteiger charge is -2.24. The Hall–Kier alpha value is -3.03. The Kier molecular flexibility index (Phi) is 8.47. The highest BCUT2D eigenvalue weighted by Crippen LogP contribution is 2.13. The molecule has 1 heterocycles. The van der Waals surface area contributed by atoms with E-state index in [-0.39, 0.29) is 6.09 Å². The van der Waals surface area contributed by atoms with Crippen molar-refractivity contribution in [2.45, 2.75) is 52.9 Å². The van der Waals surface area contributed by atoms with Gasteiger partial charge in [0.05, 0.1) is 12.7 Å². The number of aromatic nitrogens is 2. The van der Waals surface area contributed by atoms with Crippen LogP contribution in [-0.4, -0.2) is 57.9 Å². The van der Waals surface area contributed by atoms with Gasteiger partial charge in [0, 0.05) is 52.5 Å². The summed E-state index contributed by atoms with van der Waals surface area (Å²) < 4.78 is 7.20. The van der Waals surface area contributed by atoms with E-state index in [0.29, 0.717) is 13.1 Å². The van der Waals surface area contributed by atoms with Gasteiger partial charge >= 0.3 is 6.09 Å². The number of carbonyl (C=O) groups excluding carboxylic acids is 1. The number of rotatable bonds is 7. The molecule has 170 valence electrons. The largest absolute Gasteiger partial charge is 0.444 e. The highest BCUT2D eigenvalue weighted by atomic mass is 16.6. The maximum Gasteiger partial charge on any atom is 0.410 e. The van der Waals surface area contributed by atoms with Crippen molar-refractivity contribution < 1.29 is 9.53 Å². The SMILES string of the molecule is CCNC(=NCc1ccc(CN(C)C(=O)OC(C)(C)C)cc1)N(C)Cc1cnn(C)c1. The molecule has 31 heavy (non-hydrogen) atoms. The van der Waals surface area contributed by atoms with Gasteiger partial charge in [-0.3, -0.25) is 4.68 Å². The van der Waals surface area contributed by atoms with Gasteiger partial charge in [0.25, 0.3) is 0 Å². The summed E-state index contributed by atoms with van der Waals surface area (Å²) >= 11 is 0. The van der Waals surface area contributed by atoms with Crippen LogP contribution in [0.1, 0.15) is 44.4 Å². The lowest BCUT2D eigenvalue weighted by molar-refractivity contribution is 0.0285. The summed E-state index contributed by atoms with van der Waals surface area (Å²) in [6, 6.07) is 8.15. The van der Waals surface area contributed by atoms with E-state index in [2.05, 4.69) is 22.2 Å². The summed E-state index contributed by atoms with van der Waals surface area (Å²) in [7, 11) is 5.68. The number of hydrogen-bond acceptors (Lipinski definition) is 4. The number of amides is 1. The van der Waals surface area contributed by atoms with E-state index < -0.39 is 5.60 Å². The van der Waals surface area contributed by atoms with Crippen LogP contribution in [0, 0.1) is 0 Å². The lowest BCUT2D eigenvalue weighted by Crippen LogP contribution is -2.38. The third kappa shape index (κ3) is 8.32. The zero-order chi connectivity index (χ0) is 23.0. The van der Waals surface area contributed by atoms with E-state index in [1.807, 2.05) is 71.5 Å². The molecule has 0 radical (unpaired) electrons. The molecule has 0 aliphatic rings. The Morgan fingerprint density at radius 2 is 1.71 bits per heavy atom. The molecule has 2 rings (SSSR count). The normalized spacial score (nSPS) is 11.9. The summed E-state index contributed by atoms with van der Waals surface area (Å²) in [6.45, 7) is 10.2. The molecule has 0 saturated carbocycles. The van der Waals surface area contributed by atoms with Crippen LogP contribution in [0.3, 0.4) is 0 Å². The monoisotopic (exact) mass is 428 g/mol. The number of hydrogen-bond donors (Lipinski definition) is 1. The summed E-state index contributed by atoms with van der Waals surface area (Å²) in [6.07, 6.45) is 3.55. The van der Waals surface area contributed by atoms with E-state index in [1.54, 1.807) is 16.6 Å². The second-order valence-electron chi connectivity index (χ2n) is 8.70. The molecule has 1 aromatic heterocycles. The molecule has 0 atom stereocenters. The van der Waals surface area contributed by atoms with Crippen LogP contribution in [-0.2, 0) is 31.4 Å².